The lowest BCUT2D eigenvalue weighted by Crippen LogP contribution is -2.43. The second-order valence-corrected chi connectivity index (χ2v) is 7.77. The number of rotatable bonds is 2. The second kappa shape index (κ2) is 5.47. The van der Waals surface area contributed by atoms with Crippen molar-refractivity contribution in [1.82, 2.24) is 9.62 Å². The van der Waals surface area contributed by atoms with E-state index in [1.165, 1.54) is 6.26 Å². The summed E-state index contributed by atoms with van der Waals surface area (Å²) in [5, 5.41) is 3.54. The minimum Gasteiger partial charge on any atom is -0.312 e. The largest absolute Gasteiger partial charge is 0.312 e. The van der Waals surface area contributed by atoms with Gasteiger partial charge < -0.3 is 5.32 Å². The molecule has 0 amide bonds. The predicted molar refractivity (Wildman–Crippen MR) is 79.9 cm³/mol. The molecular weight excluding hydrogens is 272 g/mol. The molecule has 2 fully saturated rings. The maximum absolute atomic E-state index is 12.3. The summed E-state index contributed by atoms with van der Waals surface area (Å²) in [5.74, 6) is 0. The average molecular weight is 294 g/mol. The van der Waals surface area contributed by atoms with Gasteiger partial charge in [-0.3, -0.25) is 0 Å². The first-order valence-electron chi connectivity index (χ1n) is 7.34. The summed E-state index contributed by atoms with van der Waals surface area (Å²) >= 11 is 0. The molecule has 4 nitrogen and oxygen atoms in total. The summed E-state index contributed by atoms with van der Waals surface area (Å²) in [6.45, 7) is 1.00. The highest BCUT2D eigenvalue weighted by Crippen LogP contribution is 2.40. The lowest BCUT2D eigenvalue weighted by atomic mass is 10.0. The Morgan fingerprint density at radius 2 is 1.95 bits per heavy atom. The molecule has 3 atom stereocenters. The number of nitrogens with one attached hydrogen (secondary N) is 1. The normalized spacial score (nSPS) is 31.8. The minimum atomic E-state index is -3.19. The Bertz CT molecular complexity index is 558. The van der Waals surface area contributed by atoms with E-state index in [1.807, 2.05) is 30.3 Å². The molecule has 0 spiro atoms. The van der Waals surface area contributed by atoms with Crippen LogP contribution in [-0.2, 0) is 10.0 Å². The van der Waals surface area contributed by atoms with Crippen molar-refractivity contribution in [3.05, 3.63) is 35.9 Å². The Morgan fingerprint density at radius 1 is 1.20 bits per heavy atom. The Hall–Kier alpha value is -0.910. The Kier molecular flexibility index (Phi) is 3.84. The van der Waals surface area contributed by atoms with Gasteiger partial charge in [0.05, 0.1) is 12.3 Å². The molecule has 2 heterocycles. The van der Waals surface area contributed by atoms with Crippen LogP contribution in [0, 0.1) is 0 Å². The van der Waals surface area contributed by atoms with Gasteiger partial charge in [-0.2, -0.15) is 4.31 Å². The zero-order valence-electron chi connectivity index (χ0n) is 11.8. The first-order chi connectivity index (χ1) is 9.57. The third-order valence-electron chi connectivity index (χ3n) is 4.48. The molecule has 1 aromatic rings. The molecule has 20 heavy (non-hydrogen) atoms. The summed E-state index contributed by atoms with van der Waals surface area (Å²) in [6, 6.07) is 10.4. The average Bonchev–Trinajstić information content (AvgIpc) is 2.65. The van der Waals surface area contributed by atoms with Crippen LogP contribution in [0.5, 0.6) is 0 Å². The molecule has 2 aliphatic heterocycles. The molecule has 0 aliphatic carbocycles. The molecule has 3 rings (SSSR count). The smallest absolute Gasteiger partial charge is 0.212 e. The minimum absolute atomic E-state index is 0.0215. The standard InChI is InChI=1S/C15H22N2O2S/c1-20(18,19)17-14-9-5-6-10-16-13(14)11-15(17)12-7-3-2-4-8-12/h2-4,7-8,13-16H,5-6,9-11H2,1H3/t13-,14+,15+/m1/s1. The first kappa shape index (κ1) is 14.0. The van der Waals surface area contributed by atoms with Gasteiger partial charge >= 0.3 is 0 Å². The number of benzene rings is 1. The maximum Gasteiger partial charge on any atom is 0.212 e. The van der Waals surface area contributed by atoms with E-state index in [2.05, 4.69) is 5.32 Å². The van der Waals surface area contributed by atoms with Gasteiger partial charge in [-0.25, -0.2) is 8.42 Å². The van der Waals surface area contributed by atoms with Gasteiger partial charge in [0.1, 0.15) is 0 Å². The molecule has 110 valence electrons. The van der Waals surface area contributed by atoms with Crippen molar-refractivity contribution in [3.8, 4) is 0 Å². The Balaban J connectivity index is 1.97. The monoisotopic (exact) mass is 294 g/mol. The fourth-order valence-electron chi connectivity index (χ4n) is 3.66. The van der Waals surface area contributed by atoms with E-state index in [-0.39, 0.29) is 18.1 Å². The molecule has 0 aromatic heterocycles. The van der Waals surface area contributed by atoms with E-state index < -0.39 is 10.0 Å². The van der Waals surface area contributed by atoms with E-state index in [1.54, 1.807) is 4.31 Å². The molecule has 5 heteroatoms. The molecule has 1 aromatic carbocycles. The Labute approximate surface area is 121 Å². The van der Waals surface area contributed by atoms with Crippen LogP contribution in [0.4, 0.5) is 0 Å². The van der Waals surface area contributed by atoms with E-state index in [9.17, 15) is 8.42 Å². The van der Waals surface area contributed by atoms with Crippen molar-refractivity contribution in [3.63, 3.8) is 0 Å². The van der Waals surface area contributed by atoms with Crippen molar-refractivity contribution in [2.75, 3.05) is 12.8 Å². The lowest BCUT2D eigenvalue weighted by molar-refractivity contribution is 0.304. The molecule has 0 unspecified atom stereocenters. The van der Waals surface area contributed by atoms with Crippen molar-refractivity contribution in [2.24, 2.45) is 0 Å². The summed E-state index contributed by atoms with van der Waals surface area (Å²) in [4.78, 5) is 0. The van der Waals surface area contributed by atoms with Crippen LogP contribution in [0.2, 0.25) is 0 Å². The van der Waals surface area contributed by atoms with Crippen LogP contribution < -0.4 is 5.32 Å². The van der Waals surface area contributed by atoms with E-state index in [0.29, 0.717) is 0 Å². The van der Waals surface area contributed by atoms with Crippen LogP contribution in [0.15, 0.2) is 30.3 Å². The number of sulfonamides is 1. The fraction of sp³-hybridized carbons (Fsp3) is 0.600. The summed E-state index contributed by atoms with van der Waals surface area (Å²) < 4.78 is 26.3. The lowest BCUT2D eigenvalue weighted by Gasteiger charge is -2.28. The van der Waals surface area contributed by atoms with Gasteiger partial charge in [-0.15, -0.1) is 0 Å². The van der Waals surface area contributed by atoms with Crippen LogP contribution in [-0.4, -0.2) is 37.6 Å². The maximum atomic E-state index is 12.3. The number of fused-ring (bicyclic) bond motifs is 1. The first-order valence-corrected chi connectivity index (χ1v) is 9.19. The van der Waals surface area contributed by atoms with Crippen LogP contribution >= 0.6 is 0 Å². The molecule has 2 saturated heterocycles. The number of nitrogens with zero attached hydrogens (tertiary/aromatic N) is 1. The molecule has 0 saturated carbocycles. The predicted octanol–water partition coefficient (Wildman–Crippen LogP) is 1.90. The van der Waals surface area contributed by atoms with Gasteiger partial charge in [-0.1, -0.05) is 36.8 Å². The van der Waals surface area contributed by atoms with Gasteiger partial charge in [0.25, 0.3) is 0 Å². The molecule has 2 aliphatic rings. The topological polar surface area (TPSA) is 49.4 Å². The number of hydrogen-bond acceptors (Lipinski definition) is 3. The SMILES string of the molecule is CS(=O)(=O)N1[C@H](c2ccccc2)C[C@H]2NCCCC[C@@H]21. The van der Waals surface area contributed by atoms with Gasteiger partial charge in [0, 0.05) is 12.1 Å². The van der Waals surface area contributed by atoms with Crippen molar-refractivity contribution >= 4 is 10.0 Å². The summed E-state index contributed by atoms with van der Waals surface area (Å²) in [7, 11) is -3.19. The molecule has 0 radical (unpaired) electrons. The summed E-state index contributed by atoms with van der Waals surface area (Å²) in [5.41, 5.74) is 1.10. The van der Waals surface area contributed by atoms with E-state index >= 15 is 0 Å². The van der Waals surface area contributed by atoms with Gasteiger partial charge in [-0.05, 0) is 31.4 Å². The van der Waals surface area contributed by atoms with Crippen LogP contribution in [0.25, 0.3) is 0 Å². The van der Waals surface area contributed by atoms with Crippen molar-refractivity contribution < 1.29 is 8.42 Å². The van der Waals surface area contributed by atoms with Crippen molar-refractivity contribution in [2.45, 2.75) is 43.8 Å². The quantitative estimate of drug-likeness (QED) is 0.906. The van der Waals surface area contributed by atoms with Crippen molar-refractivity contribution in [1.29, 1.82) is 0 Å². The van der Waals surface area contributed by atoms with E-state index in [0.717, 1.165) is 37.8 Å². The third-order valence-corrected chi connectivity index (χ3v) is 5.77. The molecule has 0 bridgehead atoms. The highest BCUT2D eigenvalue weighted by molar-refractivity contribution is 7.88. The third kappa shape index (κ3) is 2.62. The second-order valence-electron chi connectivity index (χ2n) is 5.88. The summed E-state index contributed by atoms with van der Waals surface area (Å²) in [6.07, 6.45) is 5.42. The van der Waals surface area contributed by atoms with Crippen LogP contribution in [0.3, 0.4) is 0 Å². The number of hydrogen-bond donors (Lipinski definition) is 1. The van der Waals surface area contributed by atoms with Gasteiger partial charge in [0.2, 0.25) is 10.0 Å². The fourth-order valence-corrected chi connectivity index (χ4v) is 5.07. The molecular formula is C15H22N2O2S. The Morgan fingerprint density at radius 3 is 2.65 bits per heavy atom. The highest BCUT2D eigenvalue weighted by atomic mass is 32.2. The van der Waals surface area contributed by atoms with E-state index in [4.69, 9.17) is 0 Å². The van der Waals surface area contributed by atoms with Gasteiger partial charge in [0.15, 0.2) is 0 Å². The molecule has 1 N–H and O–H groups in total. The zero-order chi connectivity index (χ0) is 14.2. The van der Waals surface area contributed by atoms with Crippen LogP contribution in [0.1, 0.15) is 37.3 Å². The highest BCUT2D eigenvalue weighted by Gasteiger charge is 2.46. The zero-order valence-corrected chi connectivity index (χ0v) is 12.6.